The van der Waals surface area contributed by atoms with Crippen molar-refractivity contribution in [1.82, 2.24) is 5.06 Å². The van der Waals surface area contributed by atoms with E-state index in [0.717, 1.165) is 22.3 Å². The molecule has 1 saturated carbocycles. The van der Waals surface area contributed by atoms with Gasteiger partial charge in [0.25, 0.3) is 5.91 Å². The largest absolute Gasteiger partial charge is 0.509 e. The predicted octanol–water partition coefficient (Wildman–Crippen LogP) is 3.70. The maximum Gasteiger partial charge on any atom is 0.282 e. The maximum atomic E-state index is 13.6. The van der Waals surface area contributed by atoms with Crippen LogP contribution in [-0.4, -0.2) is 54.0 Å². The van der Waals surface area contributed by atoms with Crippen LogP contribution in [0.1, 0.15) is 54.9 Å². The van der Waals surface area contributed by atoms with Crippen LogP contribution in [0.15, 0.2) is 17.9 Å². The summed E-state index contributed by atoms with van der Waals surface area (Å²) in [5.74, 6) is -0.864. The Morgan fingerprint density at radius 3 is 2.23 bits per heavy atom. The van der Waals surface area contributed by atoms with Crippen LogP contribution in [0, 0.1) is 20.8 Å². The van der Waals surface area contributed by atoms with Crippen LogP contribution >= 0.6 is 0 Å². The molecule has 3 aliphatic rings. The molecule has 1 aliphatic carbocycles. The number of carbonyl (C=O) groups is 1. The summed E-state index contributed by atoms with van der Waals surface area (Å²) in [7, 11) is 0. The number of aryl methyl sites for hydroxylation is 3. The summed E-state index contributed by atoms with van der Waals surface area (Å²) in [5.41, 5.74) is 3.20. The first-order valence-electron chi connectivity index (χ1n) is 10.7. The minimum atomic E-state index is -0.937. The zero-order chi connectivity index (χ0) is 21.5. The Kier molecular flexibility index (Phi) is 5.66. The molecule has 1 N–H and O–H groups in total. The predicted molar refractivity (Wildman–Crippen MR) is 110 cm³/mol. The monoisotopic (exact) mass is 417 g/mol. The zero-order valence-corrected chi connectivity index (χ0v) is 18.2. The first kappa shape index (κ1) is 21.3. The number of rotatable bonds is 5. The molecule has 2 fully saturated rings. The first-order valence-corrected chi connectivity index (χ1v) is 10.7. The molecular formula is C23H31NO6. The third-order valence-electron chi connectivity index (χ3n) is 6.51. The summed E-state index contributed by atoms with van der Waals surface area (Å²) in [4.78, 5) is 19.4. The van der Waals surface area contributed by atoms with Gasteiger partial charge in [-0.3, -0.25) is 4.79 Å². The van der Waals surface area contributed by atoms with Gasteiger partial charge in [0.2, 0.25) is 0 Å². The van der Waals surface area contributed by atoms with E-state index in [1.165, 1.54) is 5.06 Å². The van der Waals surface area contributed by atoms with Crippen molar-refractivity contribution in [2.75, 3.05) is 26.6 Å². The Morgan fingerprint density at radius 1 is 1.07 bits per heavy atom. The van der Waals surface area contributed by atoms with Crippen molar-refractivity contribution in [3.63, 3.8) is 0 Å². The molecule has 0 unspecified atom stereocenters. The lowest BCUT2D eigenvalue weighted by atomic mass is 9.77. The normalized spacial score (nSPS) is 22.7. The number of aliphatic hydroxyl groups excluding tert-OH is 1. The van der Waals surface area contributed by atoms with Gasteiger partial charge in [-0.1, -0.05) is 17.7 Å². The van der Waals surface area contributed by atoms with Crippen LogP contribution in [0.2, 0.25) is 0 Å². The van der Waals surface area contributed by atoms with Crippen molar-refractivity contribution in [1.29, 1.82) is 0 Å². The first-order chi connectivity index (χ1) is 14.3. The van der Waals surface area contributed by atoms with Crippen LogP contribution < -0.4 is 0 Å². The van der Waals surface area contributed by atoms with E-state index in [9.17, 15) is 9.90 Å². The molecule has 0 aromatic heterocycles. The van der Waals surface area contributed by atoms with Crippen LogP contribution in [0.5, 0.6) is 0 Å². The molecule has 2 spiro atoms. The van der Waals surface area contributed by atoms with E-state index in [2.05, 4.69) is 0 Å². The molecule has 30 heavy (non-hydrogen) atoms. The molecule has 2 heterocycles. The molecular weight excluding hydrogens is 386 g/mol. The smallest absolute Gasteiger partial charge is 0.282 e. The second-order valence-corrected chi connectivity index (χ2v) is 8.48. The van der Waals surface area contributed by atoms with E-state index in [1.807, 2.05) is 39.8 Å². The molecule has 7 nitrogen and oxygen atoms in total. The number of benzene rings is 1. The highest BCUT2D eigenvalue weighted by Gasteiger charge is 2.58. The van der Waals surface area contributed by atoms with Crippen LogP contribution in [0.4, 0.5) is 0 Å². The van der Waals surface area contributed by atoms with Crippen molar-refractivity contribution in [2.45, 2.75) is 64.7 Å². The summed E-state index contributed by atoms with van der Waals surface area (Å²) in [6, 6.07) is 4.06. The highest BCUT2D eigenvalue weighted by atomic mass is 16.8. The fourth-order valence-corrected chi connectivity index (χ4v) is 5.15. The van der Waals surface area contributed by atoms with Crippen molar-refractivity contribution in [2.24, 2.45) is 0 Å². The molecule has 0 radical (unpaired) electrons. The quantitative estimate of drug-likeness (QED) is 0.581. The molecule has 164 valence electrons. The molecule has 0 bridgehead atoms. The standard InChI is InChI=1S/C23H31NO6/c1-5-27-14-30-24-21(26)19(18-16(3)12-15(2)13-17(18)4)20(25)22(24)6-8-23(9-7-22)28-10-11-29-23/h12-13,25H,5-11,14H2,1-4H3. The van der Waals surface area contributed by atoms with E-state index >= 15 is 0 Å². The molecule has 2 aliphatic heterocycles. The van der Waals surface area contributed by atoms with E-state index in [0.29, 0.717) is 51.1 Å². The minimum Gasteiger partial charge on any atom is -0.509 e. The second kappa shape index (κ2) is 7.96. The molecule has 1 saturated heterocycles. The average Bonchev–Trinajstić information content (AvgIpc) is 3.23. The fourth-order valence-electron chi connectivity index (χ4n) is 5.15. The molecule has 1 aromatic carbocycles. The van der Waals surface area contributed by atoms with Crippen LogP contribution in [0.3, 0.4) is 0 Å². The Labute approximate surface area is 177 Å². The number of aliphatic hydroxyl groups is 1. The van der Waals surface area contributed by atoms with Gasteiger partial charge >= 0.3 is 0 Å². The van der Waals surface area contributed by atoms with E-state index in [-0.39, 0.29) is 18.5 Å². The zero-order valence-electron chi connectivity index (χ0n) is 18.2. The highest BCUT2D eigenvalue weighted by molar-refractivity contribution is 6.23. The lowest BCUT2D eigenvalue weighted by molar-refractivity contribution is -0.267. The number of ether oxygens (including phenoxy) is 3. The Bertz CT molecular complexity index is 837. The van der Waals surface area contributed by atoms with Gasteiger partial charge in [0.15, 0.2) is 12.6 Å². The van der Waals surface area contributed by atoms with Crippen LogP contribution in [-0.2, 0) is 23.8 Å². The van der Waals surface area contributed by atoms with Crippen molar-refractivity contribution < 1.29 is 28.9 Å². The van der Waals surface area contributed by atoms with E-state index < -0.39 is 11.3 Å². The number of nitrogens with zero attached hydrogens (tertiary/aromatic N) is 1. The Hall–Kier alpha value is -1.93. The fraction of sp³-hybridized carbons (Fsp3) is 0.609. The summed E-state index contributed by atoms with van der Waals surface area (Å²) in [6.07, 6.45) is 2.14. The molecule has 0 atom stereocenters. The van der Waals surface area contributed by atoms with Gasteiger partial charge in [-0.2, -0.15) is 0 Å². The topological polar surface area (TPSA) is 77.5 Å². The molecule has 1 amide bonds. The van der Waals surface area contributed by atoms with E-state index in [1.54, 1.807) is 0 Å². The summed E-state index contributed by atoms with van der Waals surface area (Å²) in [6.45, 7) is 9.40. The number of hydroxylamine groups is 2. The number of amides is 1. The minimum absolute atomic E-state index is 0.0471. The molecule has 1 aromatic rings. The van der Waals surface area contributed by atoms with Crippen molar-refractivity contribution in [3.8, 4) is 0 Å². The maximum absolute atomic E-state index is 13.6. The third kappa shape index (κ3) is 3.34. The number of hydrogen-bond donors (Lipinski definition) is 1. The Balaban J connectivity index is 1.74. The lowest BCUT2D eigenvalue weighted by Gasteiger charge is -2.44. The van der Waals surface area contributed by atoms with Gasteiger partial charge in [-0.15, -0.1) is 0 Å². The van der Waals surface area contributed by atoms with Gasteiger partial charge in [0.05, 0.1) is 18.8 Å². The van der Waals surface area contributed by atoms with Crippen LogP contribution in [0.25, 0.3) is 5.57 Å². The summed E-state index contributed by atoms with van der Waals surface area (Å²) < 4.78 is 17.1. The number of hydrogen-bond acceptors (Lipinski definition) is 6. The second-order valence-electron chi connectivity index (χ2n) is 8.48. The van der Waals surface area contributed by atoms with Gasteiger partial charge in [0.1, 0.15) is 11.3 Å². The van der Waals surface area contributed by atoms with Gasteiger partial charge < -0.3 is 19.3 Å². The average molecular weight is 418 g/mol. The lowest BCUT2D eigenvalue weighted by Crippen LogP contribution is -2.54. The summed E-state index contributed by atoms with van der Waals surface area (Å²) in [5, 5.41) is 12.8. The Morgan fingerprint density at radius 2 is 1.67 bits per heavy atom. The van der Waals surface area contributed by atoms with Gasteiger partial charge in [0, 0.05) is 19.4 Å². The molecule has 7 heteroatoms. The van der Waals surface area contributed by atoms with E-state index in [4.69, 9.17) is 19.0 Å². The SMILES string of the molecule is CCOCON1C(=O)C(c2c(C)cc(C)cc2C)=C(O)C12CCC1(CC2)OCCO1. The van der Waals surface area contributed by atoms with Crippen molar-refractivity contribution in [3.05, 3.63) is 40.1 Å². The highest BCUT2D eigenvalue weighted by Crippen LogP contribution is 2.51. The third-order valence-corrected chi connectivity index (χ3v) is 6.51. The van der Waals surface area contributed by atoms with Gasteiger partial charge in [-0.05, 0) is 57.2 Å². The van der Waals surface area contributed by atoms with Gasteiger partial charge in [-0.25, -0.2) is 9.90 Å². The number of carbonyl (C=O) groups excluding carboxylic acids is 1. The molecule has 4 rings (SSSR count). The summed E-state index contributed by atoms with van der Waals surface area (Å²) >= 11 is 0. The van der Waals surface area contributed by atoms with Crippen molar-refractivity contribution >= 4 is 11.5 Å².